The zero-order valence-electron chi connectivity index (χ0n) is 7.80. The Balaban J connectivity index is 2.26. The van der Waals surface area contributed by atoms with E-state index < -0.39 is 23.8 Å². The van der Waals surface area contributed by atoms with Gasteiger partial charge in [0.05, 0.1) is 13.0 Å². The van der Waals surface area contributed by atoms with Gasteiger partial charge in [0.25, 0.3) is 0 Å². The number of carboxylic acid groups (broad SMARTS) is 1. The first-order chi connectivity index (χ1) is 6.65. The number of esters is 1. The number of carboxylic acids is 1. The van der Waals surface area contributed by atoms with Crippen LogP contribution < -0.4 is 5.11 Å². The van der Waals surface area contributed by atoms with Crippen LogP contribution in [0.1, 0.15) is 6.42 Å². The van der Waals surface area contributed by atoms with E-state index in [1.165, 1.54) is 7.11 Å². The lowest BCUT2D eigenvalue weighted by atomic mass is 9.83. The highest BCUT2D eigenvalue weighted by Crippen LogP contribution is 2.48. The number of rotatable bonds is 2. The van der Waals surface area contributed by atoms with Gasteiger partial charge in [-0.1, -0.05) is 12.2 Å². The minimum absolute atomic E-state index is 0.0235. The molecule has 0 amide bonds. The third kappa shape index (κ3) is 1.14. The molecule has 1 saturated carbocycles. The molecule has 0 aromatic heterocycles. The van der Waals surface area contributed by atoms with E-state index in [2.05, 4.69) is 4.74 Å². The van der Waals surface area contributed by atoms with Crippen LogP contribution in [0, 0.1) is 23.7 Å². The predicted molar refractivity (Wildman–Crippen MR) is 44.7 cm³/mol. The zero-order chi connectivity index (χ0) is 10.3. The van der Waals surface area contributed by atoms with Crippen molar-refractivity contribution in [3.8, 4) is 0 Å². The summed E-state index contributed by atoms with van der Waals surface area (Å²) in [5.74, 6) is -2.84. The molecule has 76 valence electrons. The van der Waals surface area contributed by atoms with E-state index in [-0.39, 0.29) is 11.8 Å². The summed E-state index contributed by atoms with van der Waals surface area (Å²) < 4.78 is 4.60. The fourth-order valence-electron chi connectivity index (χ4n) is 2.60. The van der Waals surface area contributed by atoms with Crippen LogP contribution in [0.3, 0.4) is 0 Å². The van der Waals surface area contributed by atoms with Crippen molar-refractivity contribution in [2.45, 2.75) is 6.42 Å². The number of carbonyl (C=O) groups excluding carboxylic acids is 2. The number of methoxy groups -OCH3 is 1. The first kappa shape index (κ1) is 9.24. The lowest BCUT2D eigenvalue weighted by Gasteiger charge is -2.26. The molecule has 0 N–H and O–H groups in total. The molecule has 1 fully saturated rings. The van der Waals surface area contributed by atoms with Crippen molar-refractivity contribution in [1.82, 2.24) is 0 Å². The molecule has 0 aromatic rings. The normalized spacial score (nSPS) is 38.6. The van der Waals surface area contributed by atoms with Gasteiger partial charge >= 0.3 is 5.97 Å². The van der Waals surface area contributed by atoms with Crippen LogP contribution >= 0.6 is 0 Å². The Bertz CT molecular complexity index is 307. The molecule has 0 aliphatic heterocycles. The van der Waals surface area contributed by atoms with Crippen LogP contribution in [0.4, 0.5) is 0 Å². The third-order valence-corrected chi connectivity index (χ3v) is 3.20. The number of fused-ring (bicyclic) bond motifs is 2. The molecule has 0 aromatic carbocycles. The van der Waals surface area contributed by atoms with Gasteiger partial charge in [-0.15, -0.1) is 0 Å². The van der Waals surface area contributed by atoms with Gasteiger partial charge in [-0.05, 0) is 18.3 Å². The molecule has 2 rings (SSSR count). The minimum Gasteiger partial charge on any atom is -0.550 e. The van der Waals surface area contributed by atoms with Gasteiger partial charge in [0.1, 0.15) is 0 Å². The third-order valence-electron chi connectivity index (χ3n) is 3.20. The number of hydrogen-bond donors (Lipinski definition) is 0. The minimum atomic E-state index is -1.14. The van der Waals surface area contributed by atoms with Gasteiger partial charge in [-0.25, -0.2) is 0 Å². The van der Waals surface area contributed by atoms with Crippen LogP contribution in [0.2, 0.25) is 0 Å². The van der Waals surface area contributed by atoms with Gasteiger partial charge < -0.3 is 14.6 Å². The molecule has 2 aliphatic rings. The van der Waals surface area contributed by atoms with Crippen LogP contribution in [0.5, 0.6) is 0 Å². The van der Waals surface area contributed by atoms with Gasteiger partial charge in [-0.2, -0.15) is 0 Å². The lowest BCUT2D eigenvalue weighted by Crippen LogP contribution is -2.41. The van der Waals surface area contributed by atoms with Gasteiger partial charge in [0.2, 0.25) is 0 Å². The van der Waals surface area contributed by atoms with Crippen LogP contribution in [0.25, 0.3) is 0 Å². The molecule has 2 bridgehead atoms. The summed E-state index contributed by atoms with van der Waals surface area (Å²) in [6.07, 6.45) is 4.51. The highest BCUT2D eigenvalue weighted by atomic mass is 16.5. The fourth-order valence-corrected chi connectivity index (χ4v) is 2.60. The van der Waals surface area contributed by atoms with E-state index in [0.29, 0.717) is 0 Å². The van der Waals surface area contributed by atoms with E-state index in [0.717, 1.165) is 6.42 Å². The van der Waals surface area contributed by atoms with Crippen LogP contribution in [0.15, 0.2) is 12.2 Å². The van der Waals surface area contributed by atoms with Crippen LogP contribution in [-0.2, 0) is 14.3 Å². The molecular weight excluding hydrogens is 184 g/mol. The monoisotopic (exact) mass is 195 g/mol. The van der Waals surface area contributed by atoms with Gasteiger partial charge in [0, 0.05) is 11.9 Å². The standard InChI is InChI=1S/C10H12O4/c1-14-10(13)8-6-3-2-5(4-6)7(8)9(11)12/h2-3,5-8H,4H2,1H3,(H,11,12)/p-1/t5-,6+,7-,8+/m0/s1. The zero-order valence-corrected chi connectivity index (χ0v) is 7.80. The van der Waals surface area contributed by atoms with Crippen molar-refractivity contribution in [3.05, 3.63) is 12.2 Å². The molecule has 2 aliphatic carbocycles. The maximum Gasteiger partial charge on any atom is 0.309 e. The Morgan fingerprint density at radius 3 is 2.36 bits per heavy atom. The predicted octanol–water partition coefficient (Wildman–Crippen LogP) is -0.652. The number of carbonyl (C=O) groups is 2. The van der Waals surface area contributed by atoms with E-state index in [1.807, 2.05) is 12.2 Å². The average molecular weight is 195 g/mol. The van der Waals surface area contributed by atoms with Crippen molar-refractivity contribution in [2.75, 3.05) is 7.11 Å². The molecule has 4 nitrogen and oxygen atoms in total. The second-order valence-corrected chi connectivity index (χ2v) is 3.84. The second-order valence-electron chi connectivity index (χ2n) is 3.84. The smallest absolute Gasteiger partial charge is 0.309 e. The number of allylic oxidation sites excluding steroid dienone is 2. The maximum absolute atomic E-state index is 11.4. The maximum atomic E-state index is 11.4. The number of aliphatic carboxylic acids is 1. The molecule has 0 heterocycles. The molecule has 0 unspecified atom stereocenters. The molecule has 4 heteroatoms. The summed E-state index contributed by atoms with van der Waals surface area (Å²) in [7, 11) is 1.28. The topological polar surface area (TPSA) is 66.4 Å². The Kier molecular flexibility index (Phi) is 2.06. The number of hydrogen-bond acceptors (Lipinski definition) is 4. The van der Waals surface area contributed by atoms with Crippen molar-refractivity contribution in [3.63, 3.8) is 0 Å². The summed E-state index contributed by atoms with van der Waals surface area (Å²) >= 11 is 0. The summed E-state index contributed by atoms with van der Waals surface area (Å²) in [5.41, 5.74) is 0. The highest BCUT2D eigenvalue weighted by molar-refractivity contribution is 5.82. The highest BCUT2D eigenvalue weighted by Gasteiger charge is 2.49. The van der Waals surface area contributed by atoms with Crippen molar-refractivity contribution >= 4 is 11.9 Å². The average Bonchev–Trinajstić information content (AvgIpc) is 2.74. The molecule has 0 spiro atoms. The summed E-state index contributed by atoms with van der Waals surface area (Å²) in [4.78, 5) is 22.2. The molecule has 4 atom stereocenters. The molecule has 0 saturated heterocycles. The second kappa shape index (κ2) is 3.12. The summed E-state index contributed by atoms with van der Waals surface area (Å²) in [6.45, 7) is 0. The first-order valence-corrected chi connectivity index (χ1v) is 4.62. The largest absolute Gasteiger partial charge is 0.550 e. The Labute approximate surface area is 81.6 Å². The summed E-state index contributed by atoms with van der Waals surface area (Å²) in [6, 6.07) is 0. The van der Waals surface area contributed by atoms with Gasteiger partial charge in [0.15, 0.2) is 0 Å². The quantitative estimate of drug-likeness (QED) is 0.433. The van der Waals surface area contributed by atoms with Crippen LogP contribution in [-0.4, -0.2) is 19.0 Å². The first-order valence-electron chi connectivity index (χ1n) is 4.62. The lowest BCUT2D eigenvalue weighted by molar-refractivity contribution is -0.314. The summed E-state index contributed by atoms with van der Waals surface area (Å²) in [5, 5.41) is 10.9. The van der Waals surface area contributed by atoms with E-state index in [9.17, 15) is 14.7 Å². The fraction of sp³-hybridized carbons (Fsp3) is 0.600. The van der Waals surface area contributed by atoms with Crippen molar-refractivity contribution in [1.29, 1.82) is 0 Å². The molecule has 0 radical (unpaired) electrons. The Morgan fingerprint density at radius 2 is 1.86 bits per heavy atom. The molecular formula is C10H11O4-. The van der Waals surface area contributed by atoms with E-state index in [1.54, 1.807) is 0 Å². The molecule has 14 heavy (non-hydrogen) atoms. The van der Waals surface area contributed by atoms with Crippen molar-refractivity contribution in [2.24, 2.45) is 23.7 Å². The Morgan fingerprint density at radius 1 is 1.29 bits per heavy atom. The SMILES string of the molecule is COC(=O)[C@H]1[C@@H](C(=O)[O-])[C@H]2C=C[C@@H]1C2. The Hall–Kier alpha value is -1.32. The van der Waals surface area contributed by atoms with Crippen molar-refractivity contribution < 1.29 is 19.4 Å². The van der Waals surface area contributed by atoms with E-state index in [4.69, 9.17) is 0 Å². The number of ether oxygens (including phenoxy) is 1. The van der Waals surface area contributed by atoms with E-state index >= 15 is 0 Å². The van der Waals surface area contributed by atoms with Gasteiger partial charge in [-0.3, -0.25) is 4.79 Å².